The van der Waals surface area contributed by atoms with Gasteiger partial charge in [0.25, 0.3) is 5.91 Å². The minimum Gasteiger partial charge on any atom is -0.494 e. The van der Waals surface area contributed by atoms with Crippen molar-refractivity contribution in [1.29, 1.82) is 0 Å². The van der Waals surface area contributed by atoms with Crippen molar-refractivity contribution >= 4 is 23.2 Å². The lowest BCUT2D eigenvalue weighted by atomic mass is 10.1. The number of amides is 2. The smallest absolute Gasteiger partial charge is 0.253 e. The first-order valence-electron chi connectivity index (χ1n) is 10.6. The number of ether oxygens (including phenoxy) is 1. The highest BCUT2D eigenvalue weighted by atomic mass is 16.5. The summed E-state index contributed by atoms with van der Waals surface area (Å²) in [4.78, 5) is 25.7. The molecule has 166 valence electrons. The van der Waals surface area contributed by atoms with E-state index in [1.165, 1.54) is 10.5 Å². The van der Waals surface area contributed by atoms with Crippen LogP contribution < -0.4 is 15.4 Å². The van der Waals surface area contributed by atoms with Crippen LogP contribution in [0, 0.1) is 0 Å². The molecule has 0 aliphatic carbocycles. The van der Waals surface area contributed by atoms with E-state index in [0.717, 1.165) is 24.3 Å². The van der Waals surface area contributed by atoms with Crippen LogP contribution in [0.25, 0.3) is 0 Å². The van der Waals surface area contributed by atoms with Crippen LogP contribution in [0.3, 0.4) is 0 Å². The second-order valence-electron chi connectivity index (χ2n) is 7.64. The molecule has 0 fully saturated rings. The van der Waals surface area contributed by atoms with Crippen LogP contribution >= 0.6 is 0 Å². The summed E-state index contributed by atoms with van der Waals surface area (Å²) in [7, 11) is 3.42. The maximum Gasteiger partial charge on any atom is 0.253 e. The number of nitrogens with one attached hydrogen (secondary N) is 2. The fourth-order valence-corrected chi connectivity index (χ4v) is 3.12. The Morgan fingerprint density at radius 1 is 0.844 bits per heavy atom. The van der Waals surface area contributed by atoms with Gasteiger partial charge >= 0.3 is 0 Å². The Hall–Kier alpha value is -3.80. The van der Waals surface area contributed by atoms with Crippen LogP contribution in [-0.4, -0.2) is 44.0 Å². The van der Waals surface area contributed by atoms with Gasteiger partial charge in [0, 0.05) is 31.0 Å². The molecule has 6 nitrogen and oxygen atoms in total. The van der Waals surface area contributed by atoms with Gasteiger partial charge in [0.05, 0.1) is 13.2 Å². The van der Waals surface area contributed by atoms with Crippen molar-refractivity contribution in [3.8, 4) is 5.75 Å². The van der Waals surface area contributed by atoms with E-state index >= 15 is 0 Å². The summed E-state index contributed by atoms with van der Waals surface area (Å²) in [5.74, 6) is 0.564. The third-order valence-electron chi connectivity index (χ3n) is 4.85. The van der Waals surface area contributed by atoms with Gasteiger partial charge in [0.1, 0.15) is 5.75 Å². The summed E-state index contributed by atoms with van der Waals surface area (Å²) < 4.78 is 5.78. The van der Waals surface area contributed by atoms with E-state index < -0.39 is 0 Å². The van der Waals surface area contributed by atoms with Crippen molar-refractivity contribution in [2.24, 2.45) is 0 Å². The number of carbonyl (C=O) groups excluding carboxylic acids is 2. The Morgan fingerprint density at radius 2 is 1.50 bits per heavy atom. The molecule has 0 aliphatic heterocycles. The van der Waals surface area contributed by atoms with Crippen LogP contribution in [0.15, 0.2) is 78.9 Å². The molecule has 0 radical (unpaired) electrons. The van der Waals surface area contributed by atoms with Gasteiger partial charge in [-0.2, -0.15) is 0 Å². The lowest BCUT2D eigenvalue weighted by Crippen LogP contribution is -2.22. The molecule has 32 heavy (non-hydrogen) atoms. The first-order valence-corrected chi connectivity index (χ1v) is 10.6. The number of aryl methyl sites for hydroxylation is 1. The number of anilines is 2. The third kappa shape index (κ3) is 7.16. The molecular weight excluding hydrogens is 402 g/mol. The molecule has 0 saturated heterocycles. The molecule has 0 heterocycles. The number of benzene rings is 3. The normalized spacial score (nSPS) is 10.3. The average Bonchev–Trinajstić information content (AvgIpc) is 2.82. The highest BCUT2D eigenvalue weighted by Gasteiger charge is 2.08. The van der Waals surface area contributed by atoms with Gasteiger partial charge in [-0.05, 0) is 66.9 Å². The molecule has 0 spiro atoms. The van der Waals surface area contributed by atoms with E-state index in [4.69, 9.17) is 4.74 Å². The fourth-order valence-electron chi connectivity index (χ4n) is 3.12. The highest BCUT2D eigenvalue weighted by molar-refractivity contribution is 5.95. The van der Waals surface area contributed by atoms with Gasteiger partial charge in [0.2, 0.25) is 5.91 Å². The zero-order valence-electron chi connectivity index (χ0n) is 18.5. The number of hydrogen-bond acceptors (Lipinski definition) is 4. The molecule has 0 atom stereocenters. The Bertz CT molecular complexity index is 1000. The number of rotatable bonds is 10. The van der Waals surface area contributed by atoms with Crippen molar-refractivity contribution in [2.75, 3.05) is 37.9 Å². The Balaban J connectivity index is 1.38. The van der Waals surface area contributed by atoms with Gasteiger partial charge in [-0.1, -0.05) is 30.3 Å². The topological polar surface area (TPSA) is 70.7 Å². The molecule has 3 rings (SSSR count). The average molecular weight is 432 g/mol. The van der Waals surface area contributed by atoms with Crippen molar-refractivity contribution in [3.05, 3.63) is 90.0 Å². The monoisotopic (exact) mass is 431 g/mol. The van der Waals surface area contributed by atoms with Crippen molar-refractivity contribution in [1.82, 2.24) is 4.90 Å². The molecule has 0 bridgehead atoms. The molecule has 2 amide bonds. The van der Waals surface area contributed by atoms with E-state index in [0.29, 0.717) is 17.9 Å². The van der Waals surface area contributed by atoms with Crippen LogP contribution in [0.4, 0.5) is 11.4 Å². The SMILES string of the molecule is CN(C)C(=O)c1ccc(NCC(=O)Nc2ccc(OCCCc3ccccc3)cc2)cc1. The first kappa shape index (κ1) is 22.9. The molecule has 3 aromatic carbocycles. The second kappa shape index (κ2) is 11.6. The highest BCUT2D eigenvalue weighted by Crippen LogP contribution is 2.16. The predicted octanol–water partition coefficient (Wildman–Crippen LogP) is 4.45. The summed E-state index contributed by atoms with van der Waals surface area (Å²) in [6, 6.07) is 24.7. The maximum absolute atomic E-state index is 12.2. The minimum atomic E-state index is -0.157. The van der Waals surface area contributed by atoms with Gasteiger partial charge in [0.15, 0.2) is 0 Å². The minimum absolute atomic E-state index is 0.0575. The zero-order chi connectivity index (χ0) is 22.8. The van der Waals surface area contributed by atoms with Gasteiger partial charge in [-0.25, -0.2) is 0 Å². The predicted molar refractivity (Wildman–Crippen MR) is 128 cm³/mol. The molecular formula is C26H29N3O3. The maximum atomic E-state index is 12.2. The van der Waals surface area contributed by atoms with Gasteiger partial charge in [-0.3, -0.25) is 9.59 Å². The fraction of sp³-hybridized carbons (Fsp3) is 0.231. The molecule has 6 heteroatoms. The van der Waals surface area contributed by atoms with Crippen molar-refractivity contribution in [3.63, 3.8) is 0 Å². The van der Waals surface area contributed by atoms with Gasteiger partial charge in [-0.15, -0.1) is 0 Å². The summed E-state index contributed by atoms with van der Waals surface area (Å²) in [5, 5.41) is 5.91. The Morgan fingerprint density at radius 3 is 2.16 bits per heavy atom. The van der Waals surface area contributed by atoms with Crippen LogP contribution in [0.1, 0.15) is 22.3 Å². The lowest BCUT2D eigenvalue weighted by Gasteiger charge is -2.12. The zero-order valence-corrected chi connectivity index (χ0v) is 18.5. The molecule has 0 saturated carbocycles. The summed E-state index contributed by atoms with van der Waals surface area (Å²) in [5.41, 5.74) is 3.39. The van der Waals surface area contributed by atoms with Crippen LogP contribution in [0.5, 0.6) is 5.75 Å². The number of nitrogens with zero attached hydrogens (tertiary/aromatic N) is 1. The third-order valence-corrected chi connectivity index (χ3v) is 4.85. The summed E-state index contributed by atoms with van der Waals surface area (Å²) in [6.45, 7) is 0.766. The quantitative estimate of drug-likeness (QED) is 0.465. The lowest BCUT2D eigenvalue weighted by molar-refractivity contribution is -0.114. The van der Waals surface area contributed by atoms with E-state index in [1.807, 2.05) is 42.5 Å². The van der Waals surface area contributed by atoms with Gasteiger partial charge < -0.3 is 20.3 Å². The largest absolute Gasteiger partial charge is 0.494 e. The Kier molecular flexibility index (Phi) is 8.26. The van der Waals surface area contributed by atoms with E-state index in [-0.39, 0.29) is 18.4 Å². The molecule has 2 N–H and O–H groups in total. The molecule has 0 unspecified atom stereocenters. The summed E-state index contributed by atoms with van der Waals surface area (Å²) in [6.07, 6.45) is 1.93. The van der Waals surface area contributed by atoms with Crippen molar-refractivity contribution in [2.45, 2.75) is 12.8 Å². The second-order valence-corrected chi connectivity index (χ2v) is 7.64. The molecule has 0 aromatic heterocycles. The molecule has 0 aliphatic rings. The first-order chi connectivity index (χ1) is 15.5. The van der Waals surface area contributed by atoms with E-state index in [1.54, 1.807) is 38.4 Å². The van der Waals surface area contributed by atoms with Crippen LogP contribution in [-0.2, 0) is 11.2 Å². The summed E-state index contributed by atoms with van der Waals surface area (Å²) >= 11 is 0. The van der Waals surface area contributed by atoms with Crippen LogP contribution in [0.2, 0.25) is 0 Å². The number of hydrogen-bond donors (Lipinski definition) is 2. The Labute approximate surface area is 189 Å². The van der Waals surface area contributed by atoms with E-state index in [9.17, 15) is 9.59 Å². The molecule has 3 aromatic rings. The standard InChI is InChI=1S/C26H29N3O3/c1-29(2)26(31)21-10-12-22(13-11-21)27-19-25(30)28-23-14-16-24(17-15-23)32-18-6-9-20-7-4-3-5-8-20/h3-5,7-8,10-17,27H,6,9,18-19H2,1-2H3,(H,28,30). The van der Waals surface area contributed by atoms with E-state index in [2.05, 4.69) is 22.8 Å². The van der Waals surface area contributed by atoms with Crippen molar-refractivity contribution < 1.29 is 14.3 Å². The number of carbonyl (C=O) groups is 2.